The van der Waals surface area contributed by atoms with Crippen LogP contribution < -0.4 is 0 Å². The second-order valence-corrected chi connectivity index (χ2v) is 15.8. The van der Waals surface area contributed by atoms with Gasteiger partial charge in [-0.3, -0.25) is 18.6 Å². The summed E-state index contributed by atoms with van der Waals surface area (Å²) >= 11 is 0. The highest BCUT2D eigenvalue weighted by Gasteiger charge is 2.27. The van der Waals surface area contributed by atoms with Gasteiger partial charge in [0.2, 0.25) is 0 Å². The lowest BCUT2D eigenvalue weighted by molar-refractivity contribution is -0.161. The molecule has 3 atom stereocenters. The largest absolute Gasteiger partial charge is 0.472 e. The van der Waals surface area contributed by atoms with E-state index in [1.807, 2.05) is 6.08 Å². The molecule has 0 spiro atoms. The van der Waals surface area contributed by atoms with Crippen molar-refractivity contribution in [1.29, 1.82) is 0 Å². The molecule has 0 aliphatic rings. The molecule has 1 unspecified atom stereocenters. The average Bonchev–Trinajstić information content (AvgIpc) is 3.16. The van der Waals surface area contributed by atoms with Crippen LogP contribution in [0.5, 0.6) is 0 Å². The van der Waals surface area contributed by atoms with Crippen LogP contribution in [0.3, 0.4) is 0 Å². The SMILES string of the molecule is CCCCCCCC/C=C/C/C=C/C/C=C/CCCC(=O)O[C@H](COC(=O)CCCCCCCCCCCCCCCC)COP(=O)(O)OC[C@@H](O)CO. The molecule has 0 aromatic carbocycles. The van der Waals surface area contributed by atoms with Gasteiger partial charge in [0, 0.05) is 12.8 Å². The number of hydrogen-bond acceptors (Lipinski definition) is 9. The number of hydrogen-bond donors (Lipinski definition) is 3. The van der Waals surface area contributed by atoms with Gasteiger partial charge in [0.05, 0.1) is 19.8 Å². The first-order valence-electron chi connectivity index (χ1n) is 21.4. The van der Waals surface area contributed by atoms with Gasteiger partial charge < -0.3 is 24.6 Å². The van der Waals surface area contributed by atoms with Gasteiger partial charge in [-0.1, -0.05) is 166 Å². The minimum Gasteiger partial charge on any atom is -0.462 e. The van der Waals surface area contributed by atoms with Crippen molar-refractivity contribution in [3.63, 3.8) is 0 Å². The molecule has 316 valence electrons. The van der Waals surface area contributed by atoms with Gasteiger partial charge in [-0.25, -0.2) is 4.57 Å². The summed E-state index contributed by atoms with van der Waals surface area (Å²) in [4.78, 5) is 34.9. The minimum atomic E-state index is -4.63. The molecule has 10 nitrogen and oxygen atoms in total. The maximum atomic E-state index is 12.6. The molecule has 0 aliphatic heterocycles. The van der Waals surface area contributed by atoms with Crippen LogP contribution >= 0.6 is 7.82 Å². The normalized spacial score (nSPS) is 14.2. The number of carbonyl (C=O) groups is 2. The summed E-state index contributed by atoms with van der Waals surface area (Å²) in [5, 5.41) is 18.3. The van der Waals surface area contributed by atoms with E-state index >= 15 is 0 Å². The number of phosphoric acid groups is 1. The van der Waals surface area contributed by atoms with Gasteiger partial charge in [-0.15, -0.1) is 0 Å². The van der Waals surface area contributed by atoms with Crippen molar-refractivity contribution in [2.75, 3.05) is 26.4 Å². The minimum absolute atomic E-state index is 0.114. The summed E-state index contributed by atoms with van der Waals surface area (Å²) in [5.41, 5.74) is 0. The van der Waals surface area contributed by atoms with E-state index in [9.17, 15) is 24.2 Å². The highest BCUT2D eigenvalue weighted by Crippen LogP contribution is 2.43. The Hall–Kier alpha value is -1.81. The molecule has 0 aromatic heterocycles. The summed E-state index contributed by atoms with van der Waals surface area (Å²) in [6.07, 6.45) is 39.7. The van der Waals surface area contributed by atoms with Crippen molar-refractivity contribution in [3.8, 4) is 0 Å². The summed E-state index contributed by atoms with van der Waals surface area (Å²) in [5.74, 6) is -0.982. The van der Waals surface area contributed by atoms with E-state index in [2.05, 4.69) is 48.8 Å². The van der Waals surface area contributed by atoms with Gasteiger partial charge in [-0.05, 0) is 44.9 Å². The van der Waals surface area contributed by atoms with Crippen molar-refractivity contribution < 1.29 is 47.8 Å². The second kappa shape index (κ2) is 39.4. The zero-order chi connectivity index (χ0) is 39.8. The Bertz CT molecular complexity index is 999. The zero-order valence-electron chi connectivity index (χ0n) is 34.2. The van der Waals surface area contributed by atoms with Crippen LogP contribution in [0.4, 0.5) is 0 Å². The number of carbonyl (C=O) groups excluding carboxylic acids is 2. The van der Waals surface area contributed by atoms with Gasteiger partial charge in [0.1, 0.15) is 12.7 Å². The van der Waals surface area contributed by atoms with E-state index < -0.39 is 51.8 Å². The third kappa shape index (κ3) is 38.5. The van der Waals surface area contributed by atoms with E-state index in [0.717, 1.165) is 38.5 Å². The molecule has 0 amide bonds. The average molecular weight is 787 g/mol. The van der Waals surface area contributed by atoms with Crippen molar-refractivity contribution >= 4 is 19.8 Å². The number of allylic oxidation sites excluding steroid dienone is 6. The third-order valence-electron chi connectivity index (χ3n) is 9.05. The van der Waals surface area contributed by atoms with Crippen molar-refractivity contribution in [2.45, 2.75) is 199 Å². The Morgan fingerprint density at radius 2 is 0.981 bits per heavy atom. The Labute approximate surface area is 329 Å². The number of aliphatic hydroxyl groups is 2. The fourth-order valence-corrected chi connectivity index (χ4v) is 6.50. The summed E-state index contributed by atoms with van der Waals surface area (Å²) < 4.78 is 32.6. The Balaban J connectivity index is 4.39. The summed E-state index contributed by atoms with van der Waals surface area (Å²) in [6, 6.07) is 0. The molecule has 0 aromatic rings. The first-order valence-corrected chi connectivity index (χ1v) is 22.9. The van der Waals surface area contributed by atoms with Gasteiger partial charge in [0.15, 0.2) is 6.10 Å². The lowest BCUT2D eigenvalue weighted by Gasteiger charge is -2.20. The Kier molecular flexibility index (Phi) is 38.1. The molecule has 54 heavy (non-hydrogen) atoms. The molecular weight excluding hydrogens is 707 g/mol. The molecule has 0 saturated heterocycles. The molecule has 11 heteroatoms. The number of phosphoric ester groups is 1. The molecule has 0 saturated carbocycles. The molecule has 0 aliphatic carbocycles. The highest BCUT2D eigenvalue weighted by molar-refractivity contribution is 7.47. The lowest BCUT2D eigenvalue weighted by atomic mass is 10.0. The number of aliphatic hydroxyl groups excluding tert-OH is 2. The first-order chi connectivity index (χ1) is 26.2. The van der Waals surface area contributed by atoms with Gasteiger partial charge in [0.25, 0.3) is 0 Å². The highest BCUT2D eigenvalue weighted by atomic mass is 31.2. The van der Waals surface area contributed by atoms with Crippen LogP contribution in [0.25, 0.3) is 0 Å². The zero-order valence-corrected chi connectivity index (χ0v) is 35.1. The lowest BCUT2D eigenvalue weighted by Crippen LogP contribution is -2.29. The van der Waals surface area contributed by atoms with E-state index in [4.69, 9.17) is 19.1 Å². The molecule has 0 radical (unpaired) electrons. The van der Waals surface area contributed by atoms with Crippen LogP contribution in [0.15, 0.2) is 36.5 Å². The van der Waals surface area contributed by atoms with Crippen molar-refractivity contribution in [3.05, 3.63) is 36.5 Å². The number of ether oxygens (including phenoxy) is 2. The molecule has 0 heterocycles. The molecule has 0 fully saturated rings. The summed E-state index contributed by atoms with van der Waals surface area (Å²) in [6.45, 7) is 2.32. The fraction of sp³-hybridized carbons (Fsp3) is 0.814. The quantitative estimate of drug-likeness (QED) is 0.0237. The molecule has 0 bridgehead atoms. The topological polar surface area (TPSA) is 149 Å². The Morgan fingerprint density at radius 3 is 1.50 bits per heavy atom. The van der Waals surface area contributed by atoms with E-state index in [0.29, 0.717) is 19.3 Å². The number of esters is 2. The van der Waals surface area contributed by atoms with E-state index in [1.54, 1.807) is 0 Å². The standard InChI is InChI=1S/C43H79O10P/c1-3-5-7-9-11-13-15-17-19-20-21-23-25-27-29-31-33-35-43(47)53-41(39-52-54(48,49)51-37-40(45)36-44)38-50-42(46)34-32-30-28-26-24-22-18-16-14-12-10-8-6-4-2/h17,19,21,23,27,29,40-41,44-45H,3-16,18,20,22,24-26,28,30-39H2,1-2H3,(H,48,49)/b19-17+,23-21+,29-27+/t40-,41+/m0/s1. The molecular formula is C43H79O10P. The molecule has 0 rings (SSSR count). The third-order valence-corrected chi connectivity index (χ3v) is 10.00. The van der Waals surface area contributed by atoms with Crippen LogP contribution in [0, 0.1) is 0 Å². The number of rotatable bonds is 40. The summed E-state index contributed by atoms with van der Waals surface area (Å²) in [7, 11) is -4.63. The van der Waals surface area contributed by atoms with Crippen LogP contribution in [0.2, 0.25) is 0 Å². The maximum absolute atomic E-state index is 12.6. The van der Waals surface area contributed by atoms with E-state index in [-0.39, 0.29) is 19.4 Å². The monoisotopic (exact) mass is 787 g/mol. The van der Waals surface area contributed by atoms with Gasteiger partial charge in [-0.2, -0.15) is 0 Å². The van der Waals surface area contributed by atoms with Crippen molar-refractivity contribution in [1.82, 2.24) is 0 Å². The second-order valence-electron chi connectivity index (χ2n) is 14.4. The Morgan fingerprint density at radius 1 is 0.556 bits per heavy atom. The molecule has 3 N–H and O–H groups in total. The maximum Gasteiger partial charge on any atom is 0.472 e. The van der Waals surface area contributed by atoms with E-state index in [1.165, 1.54) is 103 Å². The number of unbranched alkanes of at least 4 members (excludes halogenated alkanes) is 20. The van der Waals surface area contributed by atoms with Gasteiger partial charge >= 0.3 is 19.8 Å². The fourth-order valence-electron chi connectivity index (χ4n) is 5.71. The van der Waals surface area contributed by atoms with Crippen molar-refractivity contribution in [2.24, 2.45) is 0 Å². The predicted molar refractivity (Wildman–Crippen MR) is 219 cm³/mol. The van der Waals surface area contributed by atoms with Crippen LogP contribution in [-0.2, 0) is 32.7 Å². The van der Waals surface area contributed by atoms with Crippen LogP contribution in [0.1, 0.15) is 187 Å². The predicted octanol–water partition coefficient (Wildman–Crippen LogP) is 11.2. The first kappa shape index (κ1) is 52.2. The smallest absolute Gasteiger partial charge is 0.462 e. The van der Waals surface area contributed by atoms with Crippen LogP contribution in [-0.4, -0.2) is 65.7 Å².